The van der Waals surface area contributed by atoms with Crippen molar-refractivity contribution in [2.24, 2.45) is 0 Å². The second kappa shape index (κ2) is 4.35. The van der Waals surface area contributed by atoms with Gasteiger partial charge in [0, 0.05) is 19.1 Å². The first-order valence-electron chi connectivity index (χ1n) is 6.11. The van der Waals surface area contributed by atoms with E-state index in [1.807, 2.05) is 35.5 Å². The average Bonchev–Trinajstić information content (AvgIpc) is 2.86. The van der Waals surface area contributed by atoms with Gasteiger partial charge in [-0.3, -0.25) is 4.40 Å². The van der Waals surface area contributed by atoms with Gasteiger partial charge in [-0.15, -0.1) is 10.2 Å². The molecule has 0 unspecified atom stereocenters. The van der Waals surface area contributed by atoms with Gasteiger partial charge in [-0.1, -0.05) is 18.5 Å². The van der Waals surface area contributed by atoms with Crippen molar-refractivity contribution in [1.82, 2.24) is 19.6 Å². The topological polar surface area (TPSA) is 46.3 Å². The van der Waals surface area contributed by atoms with E-state index in [9.17, 15) is 0 Å². The molecule has 2 aromatic heterocycles. The number of aryl methyl sites for hydroxylation is 1. The highest BCUT2D eigenvalue weighted by Crippen LogP contribution is 2.28. The standard InChI is InChI=1S/C13H14ClN5/c1-4-8-9(14)5-6-10-11(8)16-12(18(2)3)13-17-15-7-19(10)13/h5-7H,4H2,1-3H3. The Balaban J connectivity index is 2.53. The summed E-state index contributed by atoms with van der Waals surface area (Å²) in [6.45, 7) is 2.08. The molecule has 0 N–H and O–H groups in total. The van der Waals surface area contributed by atoms with Crippen LogP contribution in [-0.2, 0) is 6.42 Å². The first kappa shape index (κ1) is 12.2. The van der Waals surface area contributed by atoms with E-state index < -0.39 is 0 Å². The molecule has 5 nitrogen and oxygen atoms in total. The van der Waals surface area contributed by atoms with Gasteiger partial charge in [0.25, 0.3) is 0 Å². The SMILES string of the molecule is CCc1c(Cl)ccc2c1nc(N(C)C)c1nncn12. The van der Waals surface area contributed by atoms with Crippen LogP contribution >= 0.6 is 11.6 Å². The van der Waals surface area contributed by atoms with Gasteiger partial charge < -0.3 is 4.90 Å². The molecule has 0 spiro atoms. The van der Waals surface area contributed by atoms with Crippen LogP contribution in [0.2, 0.25) is 5.02 Å². The second-order valence-electron chi connectivity index (χ2n) is 4.60. The van der Waals surface area contributed by atoms with Crippen molar-refractivity contribution < 1.29 is 0 Å². The minimum absolute atomic E-state index is 0.750. The van der Waals surface area contributed by atoms with Crippen LogP contribution in [0.4, 0.5) is 5.82 Å². The highest BCUT2D eigenvalue weighted by atomic mass is 35.5. The molecule has 3 rings (SSSR count). The van der Waals surface area contributed by atoms with Gasteiger partial charge in [-0.25, -0.2) is 4.98 Å². The molecule has 0 fully saturated rings. The average molecular weight is 276 g/mol. The predicted octanol–water partition coefficient (Wildman–Crippen LogP) is 2.56. The number of halogens is 1. The van der Waals surface area contributed by atoms with Crippen LogP contribution < -0.4 is 4.90 Å². The zero-order valence-electron chi connectivity index (χ0n) is 11.1. The lowest BCUT2D eigenvalue weighted by Crippen LogP contribution is -2.13. The molecule has 6 heteroatoms. The van der Waals surface area contributed by atoms with Crippen LogP contribution in [0.3, 0.4) is 0 Å². The summed E-state index contributed by atoms with van der Waals surface area (Å²) in [6, 6.07) is 3.86. The summed E-state index contributed by atoms with van der Waals surface area (Å²) in [5.74, 6) is 0.793. The predicted molar refractivity (Wildman–Crippen MR) is 77.0 cm³/mol. The Morgan fingerprint density at radius 3 is 2.79 bits per heavy atom. The Morgan fingerprint density at radius 2 is 2.11 bits per heavy atom. The van der Waals surface area contributed by atoms with Crippen LogP contribution in [0.25, 0.3) is 16.7 Å². The lowest BCUT2D eigenvalue weighted by atomic mass is 10.1. The Kier molecular flexibility index (Phi) is 2.78. The fraction of sp³-hybridized carbons (Fsp3) is 0.308. The minimum Gasteiger partial charge on any atom is -0.360 e. The van der Waals surface area contributed by atoms with Crippen molar-refractivity contribution in [2.75, 3.05) is 19.0 Å². The number of aromatic nitrogens is 4. The molecule has 0 saturated carbocycles. The lowest BCUT2D eigenvalue weighted by Gasteiger charge is -2.15. The Hall–Kier alpha value is -1.88. The largest absolute Gasteiger partial charge is 0.360 e. The van der Waals surface area contributed by atoms with E-state index >= 15 is 0 Å². The molecule has 0 radical (unpaired) electrons. The molecule has 0 atom stereocenters. The first-order valence-corrected chi connectivity index (χ1v) is 6.49. The fourth-order valence-corrected chi connectivity index (χ4v) is 2.56. The smallest absolute Gasteiger partial charge is 0.204 e. The number of nitrogens with zero attached hydrogens (tertiary/aromatic N) is 5. The van der Waals surface area contributed by atoms with Crippen molar-refractivity contribution >= 4 is 34.1 Å². The normalized spacial score (nSPS) is 11.4. The zero-order valence-corrected chi connectivity index (χ0v) is 11.8. The van der Waals surface area contributed by atoms with E-state index in [1.54, 1.807) is 6.33 Å². The van der Waals surface area contributed by atoms with Gasteiger partial charge in [0.1, 0.15) is 6.33 Å². The Morgan fingerprint density at radius 1 is 1.32 bits per heavy atom. The van der Waals surface area contributed by atoms with Gasteiger partial charge in [0.2, 0.25) is 5.65 Å². The van der Waals surface area contributed by atoms with Crippen LogP contribution in [0.1, 0.15) is 12.5 Å². The van der Waals surface area contributed by atoms with E-state index in [-0.39, 0.29) is 0 Å². The molecule has 0 bridgehead atoms. The van der Waals surface area contributed by atoms with E-state index in [0.29, 0.717) is 0 Å². The molecule has 3 aromatic rings. The summed E-state index contributed by atoms with van der Waals surface area (Å²) >= 11 is 6.27. The summed E-state index contributed by atoms with van der Waals surface area (Å²) in [7, 11) is 3.89. The summed E-state index contributed by atoms with van der Waals surface area (Å²) in [5.41, 5.74) is 3.69. The number of hydrogen-bond donors (Lipinski definition) is 0. The molecular weight excluding hydrogens is 262 g/mol. The maximum Gasteiger partial charge on any atom is 0.204 e. The molecular formula is C13H14ClN5. The van der Waals surface area contributed by atoms with Gasteiger partial charge in [-0.2, -0.15) is 0 Å². The minimum atomic E-state index is 0.750. The summed E-state index contributed by atoms with van der Waals surface area (Å²) < 4.78 is 1.95. The van der Waals surface area contributed by atoms with Gasteiger partial charge in [0.05, 0.1) is 11.0 Å². The molecule has 0 aliphatic carbocycles. The number of anilines is 1. The number of benzene rings is 1. The molecule has 0 amide bonds. The van der Waals surface area contributed by atoms with Crippen LogP contribution in [0.5, 0.6) is 0 Å². The highest BCUT2D eigenvalue weighted by molar-refractivity contribution is 6.32. The van der Waals surface area contributed by atoms with E-state index in [0.717, 1.165) is 39.5 Å². The van der Waals surface area contributed by atoms with Crippen molar-refractivity contribution in [3.05, 3.63) is 29.0 Å². The zero-order chi connectivity index (χ0) is 13.6. The van der Waals surface area contributed by atoms with Crippen molar-refractivity contribution in [2.45, 2.75) is 13.3 Å². The Labute approximate surface area is 115 Å². The van der Waals surface area contributed by atoms with Crippen molar-refractivity contribution in [3.63, 3.8) is 0 Å². The summed E-state index contributed by atoms with van der Waals surface area (Å²) in [4.78, 5) is 6.66. The van der Waals surface area contributed by atoms with Crippen LogP contribution in [-0.4, -0.2) is 33.7 Å². The maximum absolute atomic E-state index is 6.27. The first-order chi connectivity index (χ1) is 9.13. The van der Waals surface area contributed by atoms with Crippen molar-refractivity contribution in [3.8, 4) is 0 Å². The molecule has 98 valence electrons. The molecule has 0 saturated heterocycles. The second-order valence-corrected chi connectivity index (χ2v) is 5.01. The van der Waals surface area contributed by atoms with Gasteiger partial charge in [0.15, 0.2) is 5.82 Å². The van der Waals surface area contributed by atoms with Crippen LogP contribution in [0, 0.1) is 0 Å². The van der Waals surface area contributed by atoms with Gasteiger partial charge >= 0.3 is 0 Å². The highest BCUT2D eigenvalue weighted by Gasteiger charge is 2.15. The molecule has 0 aliphatic rings. The Bertz CT molecular complexity index is 762. The number of rotatable bonds is 2. The molecule has 0 aliphatic heterocycles. The quantitative estimate of drug-likeness (QED) is 0.721. The van der Waals surface area contributed by atoms with Gasteiger partial charge in [-0.05, 0) is 24.1 Å². The number of fused-ring (bicyclic) bond motifs is 3. The molecule has 2 heterocycles. The summed E-state index contributed by atoms with van der Waals surface area (Å²) in [6.07, 6.45) is 2.55. The third kappa shape index (κ3) is 1.73. The van der Waals surface area contributed by atoms with E-state index in [1.165, 1.54) is 0 Å². The van der Waals surface area contributed by atoms with E-state index in [4.69, 9.17) is 16.6 Å². The van der Waals surface area contributed by atoms with Crippen molar-refractivity contribution in [1.29, 1.82) is 0 Å². The van der Waals surface area contributed by atoms with E-state index in [2.05, 4.69) is 17.1 Å². The third-order valence-electron chi connectivity index (χ3n) is 3.21. The van der Waals surface area contributed by atoms with Crippen LogP contribution in [0.15, 0.2) is 18.5 Å². The lowest BCUT2D eigenvalue weighted by molar-refractivity contribution is 1.05. The number of hydrogen-bond acceptors (Lipinski definition) is 4. The molecule has 1 aromatic carbocycles. The third-order valence-corrected chi connectivity index (χ3v) is 3.56. The molecule has 19 heavy (non-hydrogen) atoms. The monoisotopic (exact) mass is 275 g/mol. The maximum atomic E-state index is 6.27. The fourth-order valence-electron chi connectivity index (χ4n) is 2.27. The summed E-state index contributed by atoms with van der Waals surface area (Å²) in [5, 5.41) is 8.88.